The number of hydrogen-bond acceptors (Lipinski definition) is 8. The van der Waals surface area contributed by atoms with Gasteiger partial charge in [0, 0.05) is 55.0 Å². The summed E-state index contributed by atoms with van der Waals surface area (Å²) in [4.78, 5) is 20.5. The first-order valence-corrected chi connectivity index (χ1v) is 11.6. The number of aromatic nitrogens is 1. The Labute approximate surface area is 194 Å². The monoisotopic (exact) mass is 471 g/mol. The van der Waals surface area contributed by atoms with E-state index in [9.17, 15) is 4.79 Å². The van der Waals surface area contributed by atoms with E-state index in [1.807, 2.05) is 30.0 Å². The van der Waals surface area contributed by atoms with Crippen molar-refractivity contribution in [3.05, 3.63) is 46.2 Å². The van der Waals surface area contributed by atoms with Gasteiger partial charge in [0.15, 0.2) is 0 Å². The number of nitrogens with zero attached hydrogens (tertiary/aromatic N) is 2. The van der Waals surface area contributed by atoms with Crippen molar-refractivity contribution in [2.45, 2.75) is 31.5 Å². The number of aryl methyl sites for hydroxylation is 1. The summed E-state index contributed by atoms with van der Waals surface area (Å²) in [5, 5.41) is 3.70. The van der Waals surface area contributed by atoms with E-state index in [0.717, 1.165) is 15.9 Å². The molecule has 33 heavy (non-hydrogen) atoms. The van der Waals surface area contributed by atoms with E-state index >= 15 is 4.39 Å². The summed E-state index contributed by atoms with van der Waals surface area (Å²) in [6.45, 7) is 3.31. The standard InChI is InChI=1S/C23H26FN5O3S/c1-11-3-4-14-20(26)21(33-23(14)27-11)22(30)28-12-5-15-16(24)6-13(7-18(15)32-10-12)29-8-17(25)19(9-29)31-2/h3-4,6-7,12,17,19H,5,8-10,25-26H2,1-2H3,(H,28,30)/t12-,17-,19+/m1/s1. The number of nitrogens with two attached hydrogens (primary N) is 2. The van der Waals surface area contributed by atoms with Crippen molar-refractivity contribution < 1.29 is 18.7 Å². The average molecular weight is 472 g/mol. The van der Waals surface area contributed by atoms with Crippen LogP contribution < -0.4 is 26.4 Å². The van der Waals surface area contributed by atoms with Gasteiger partial charge in [0.2, 0.25) is 0 Å². The maximum Gasteiger partial charge on any atom is 0.263 e. The molecule has 0 bridgehead atoms. The van der Waals surface area contributed by atoms with E-state index in [4.69, 9.17) is 20.9 Å². The highest BCUT2D eigenvalue weighted by Gasteiger charge is 2.32. The van der Waals surface area contributed by atoms with E-state index in [-0.39, 0.29) is 36.5 Å². The molecule has 0 radical (unpaired) electrons. The Morgan fingerprint density at radius 2 is 2.18 bits per heavy atom. The largest absolute Gasteiger partial charge is 0.491 e. The van der Waals surface area contributed by atoms with Crippen LogP contribution in [0.25, 0.3) is 10.2 Å². The third kappa shape index (κ3) is 3.98. The molecule has 0 saturated carbocycles. The summed E-state index contributed by atoms with van der Waals surface area (Å²) in [5.41, 5.74) is 14.7. The molecule has 1 aromatic carbocycles. The fraction of sp³-hybridized carbons (Fsp3) is 0.391. The number of anilines is 2. The molecule has 3 atom stereocenters. The summed E-state index contributed by atoms with van der Waals surface area (Å²) in [6.07, 6.45) is 0.236. The Hall–Kier alpha value is -2.95. The molecule has 2 aliphatic heterocycles. The van der Waals surface area contributed by atoms with Gasteiger partial charge in [-0.15, -0.1) is 11.3 Å². The highest BCUT2D eigenvalue weighted by atomic mass is 32.1. The fourth-order valence-electron chi connectivity index (χ4n) is 4.46. The number of rotatable bonds is 4. The van der Waals surface area contributed by atoms with Crippen LogP contribution in [-0.2, 0) is 11.2 Å². The molecule has 3 aromatic rings. The third-order valence-electron chi connectivity index (χ3n) is 6.28. The number of carbonyl (C=O) groups excluding carboxylic acids is 1. The fourth-order valence-corrected chi connectivity index (χ4v) is 5.51. The molecule has 4 heterocycles. The molecule has 5 N–H and O–H groups in total. The highest BCUT2D eigenvalue weighted by molar-refractivity contribution is 7.21. The number of carbonyl (C=O) groups is 1. The van der Waals surface area contributed by atoms with Crippen LogP contribution in [0.1, 0.15) is 20.9 Å². The first-order chi connectivity index (χ1) is 15.8. The Bertz CT molecular complexity index is 1230. The molecule has 2 aromatic heterocycles. The number of hydrogen-bond donors (Lipinski definition) is 3. The Morgan fingerprint density at radius 1 is 1.36 bits per heavy atom. The van der Waals surface area contributed by atoms with Crippen molar-refractivity contribution >= 4 is 38.8 Å². The Kier molecular flexibility index (Phi) is 5.59. The number of amides is 1. The lowest BCUT2D eigenvalue weighted by Gasteiger charge is -2.28. The van der Waals surface area contributed by atoms with Gasteiger partial charge >= 0.3 is 0 Å². The normalized spacial score (nSPS) is 22.3. The van der Waals surface area contributed by atoms with Crippen molar-refractivity contribution in [2.24, 2.45) is 5.73 Å². The van der Waals surface area contributed by atoms with Crippen LogP contribution in [0.3, 0.4) is 0 Å². The maximum absolute atomic E-state index is 15.0. The minimum atomic E-state index is -0.372. The minimum Gasteiger partial charge on any atom is -0.491 e. The van der Waals surface area contributed by atoms with Crippen molar-refractivity contribution in [3.63, 3.8) is 0 Å². The maximum atomic E-state index is 15.0. The summed E-state index contributed by atoms with van der Waals surface area (Å²) in [7, 11) is 1.63. The molecule has 1 fully saturated rings. The van der Waals surface area contributed by atoms with Crippen LogP contribution >= 0.6 is 11.3 Å². The predicted molar refractivity (Wildman–Crippen MR) is 127 cm³/mol. The predicted octanol–water partition coefficient (Wildman–Crippen LogP) is 2.22. The van der Waals surface area contributed by atoms with Crippen molar-refractivity contribution in [3.8, 4) is 5.75 Å². The third-order valence-corrected chi connectivity index (χ3v) is 7.40. The second-order valence-electron chi connectivity index (χ2n) is 8.58. The van der Waals surface area contributed by atoms with Crippen LogP contribution in [0, 0.1) is 12.7 Å². The quantitative estimate of drug-likeness (QED) is 0.534. The molecule has 10 heteroatoms. The van der Waals surface area contributed by atoms with E-state index in [0.29, 0.717) is 47.1 Å². The Morgan fingerprint density at radius 3 is 2.94 bits per heavy atom. The number of nitrogen functional groups attached to an aromatic ring is 1. The molecule has 1 amide bonds. The number of methoxy groups -OCH3 is 1. The van der Waals surface area contributed by atoms with Gasteiger partial charge in [-0.1, -0.05) is 0 Å². The molecule has 2 aliphatic rings. The summed E-state index contributed by atoms with van der Waals surface area (Å²) in [5.74, 6) is -0.179. The van der Waals surface area contributed by atoms with Crippen molar-refractivity contribution in [1.82, 2.24) is 10.3 Å². The highest BCUT2D eigenvalue weighted by Crippen LogP contribution is 2.35. The summed E-state index contributed by atoms with van der Waals surface area (Å²) in [6, 6.07) is 6.56. The number of thiophene rings is 1. The van der Waals surface area contributed by atoms with Gasteiger partial charge in [0.05, 0.1) is 23.9 Å². The minimum absolute atomic E-state index is 0.0925. The number of halogens is 1. The second-order valence-corrected chi connectivity index (χ2v) is 9.58. The molecular formula is C23H26FN5O3S. The summed E-state index contributed by atoms with van der Waals surface area (Å²) >= 11 is 1.25. The lowest BCUT2D eigenvalue weighted by molar-refractivity contribution is 0.0919. The smallest absolute Gasteiger partial charge is 0.263 e. The lowest BCUT2D eigenvalue weighted by atomic mass is 10.0. The average Bonchev–Trinajstić information content (AvgIpc) is 3.33. The van der Waals surface area contributed by atoms with Gasteiger partial charge < -0.3 is 31.2 Å². The molecule has 0 unspecified atom stereocenters. The number of ether oxygens (including phenoxy) is 2. The van der Waals surface area contributed by atoms with Crippen LogP contribution in [0.4, 0.5) is 15.8 Å². The zero-order chi connectivity index (χ0) is 23.3. The molecule has 1 saturated heterocycles. The topological polar surface area (TPSA) is 116 Å². The number of benzene rings is 1. The van der Waals surface area contributed by atoms with Gasteiger partial charge in [0.25, 0.3) is 5.91 Å². The zero-order valence-corrected chi connectivity index (χ0v) is 19.2. The second kappa shape index (κ2) is 8.44. The van der Waals surface area contributed by atoms with Crippen molar-refractivity contribution in [1.29, 1.82) is 0 Å². The van der Waals surface area contributed by atoms with Crippen LogP contribution in [0.2, 0.25) is 0 Å². The van der Waals surface area contributed by atoms with E-state index < -0.39 is 0 Å². The number of nitrogens with one attached hydrogen (secondary N) is 1. The summed E-state index contributed by atoms with van der Waals surface area (Å²) < 4.78 is 26.3. The van der Waals surface area contributed by atoms with Gasteiger partial charge in [-0.25, -0.2) is 9.37 Å². The van der Waals surface area contributed by atoms with Crippen LogP contribution in [0.15, 0.2) is 24.3 Å². The van der Waals surface area contributed by atoms with Gasteiger partial charge in [-0.05, 0) is 25.1 Å². The van der Waals surface area contributed by atoms with Gasteiger partial charge in [0.1, 0.15) is 27.9 Å². The molecular weight excluding hydrogens is 445 g/mol. The number of pyridine rings is 1. The SMILES string of the molecule is CO[C@H]1CN(c2cc(F)c3c(c2)OC[C@H](NC(=O)c2sc4nc(C)ccc4c2N)C3)C[C@H]1N. The molecule has 5 rings (SSSR count). The zero-order valence-electron chi connectivity index (χ0n) is 18.4. The number of fused-ring (bicyclic) bond motifs is 2. The molecule has 0 spiro atoms. The van der Waals surface area contributed by atoms with E-state index in [2.05, 4.69) is 10.3 Å². The molecule has 8 nitrogen and oxygen atoms in total. The lowest BCUT2D eigenvalue weighted by Crippen LogP contribution is -2.43. The van der Waals surface area contributed by atoms with Gasteiger partial charge in [-0.2, -0.15) is 0 Å². The first-order valence-electron chi connectivity index (χ1n) is 10.8. The van der Waals surface area contributed by atoms with E-state index in [1.54, 1.807) is 7.11 Å². The molecule has 0 aliphatic carbocycles. The van der Waals surface area contributed by atoms with Gasteiger partial charge in [-0.3, -0.25) is 4.79 Å². The van der Waals surface area contributed by atoms with Crippen molar-refractivity contribution in [2.75, 3.05) is 37.4 Å². The first kappa shape index (κ1) is 21.9. The van der Waals surface area contributed by atoms with Crippen LogP contribution in [-0.4, -0.2) is 55.9 Å². The Balaban J connectivity index is 1.31. The molecule has 174 valence electrons. The van der Waals surface area contributed by atoms with Crippen LogP contribution in [0.5, 0.6) is 5.75 Å². The van der Waals surface area contributed by atoms with E-state index in [1.165, 1.54) is 17.4 Å².